The Balaban J connectivity index is 1.80. The van der Waals surface area contributed by atoms with E-state index in [9.17, 15) is 0 Å². The van der Waals surface area contributed by atoms with E-state index in [0.29, 0.717) is 17.4 Å². The third-order valence-electron chi connectivity index (χ3n) is 4.90. The number of halogens is 1. The van der Waals surface area contributed by atoms with E-state index in [1.165, 1.54) is 5.56 Å². The Morgan fingerprint density at radius 1 is 0.966 bits per heavy atom. The molecular formula is C24H36ClNO3. The second-order valence-electron chi connectivity index (χ2n) is 9.65. The van der Waals surface area contributed by atoms with Crippen LogP contribution in [-0.2, 0) is 17.3 Å². The van der Waals surface area contributed by atoms with Crippen LogP contribution in [0.25, 0.3) is 0 Å². The Hall–Kier alpha value is -1.68. The van der Waals surface area contributed by atoms with Gasteiger partial charge in [-0.25, -0.2) is 0 Å². The van der Waals surface area contributed by atoms with E-state index in [1.807, 2.05) is 12.1 Å². The van der Waals surface area contributed by atoms with Crippen LogP contribution >= 0.6 is 11.6 Å². The van der Waals surface area contributed by atoms with Crippen molar-refractivity contribution >= 4 is 11.6 Å². The van der Waals surface area contributed by atoms with Crippen LogP contribution in [0.15, 0.2) is 22.7 Å². The van der Waals surface area contributed by atoms with Gasteiger partial charge in [0.25, 0.3) is 0 Å². The molecule has 0 bridgehead atoms. The lowest BCUT2D eigenvalue weighted by molar-refractivity contribution is 0.304. The maximum absolute atomic E-state index is 6.21. The maximum atomic E-state index is 6.21. The standard InChI is InChI=1S/C24H36ClNO3/c1-23(2,3)21-18(22(29-26-21)24(4,5)6)12-10-8-9-11-15-28-20-14-13-17(27-7)16-19(20)25/h13-14,16H,8-12,15H2,1-7H3. The Bertz CT molecular complexity index is 753. The largest absolute Gasteiger partial charge is 0.497 e. The molecule has 0 saturated carbocycles. The van der Waals surface area contributed by atoms with E-state index in [1.54, 1.807) is 13.2 Å². The maximum Gasteiger partial charge on any atom is 0.145 e. The van der Waals surface area contributed by atoms with Crippen LogP contribution in [0.2, 0.25) is 5.02 Å². The summed E-state index contributed by atoms with van der Waals surface area (Å²) in [7, 11) is 1.63. The van der Waals surface area contributed by atoms with E-state index in [0.717, 1.165) is 49.3 Å². The Morgan fingerprint density at radius 3 is 2.24 bits per heavy atom. The summed E-state index contributed by atoms with van der Waals surface area (Å²) >= 11 is 6.21. The average Bonchev–Trinajstić information content (AvgIpc) is 3.06. The first-order chi connectivity index (χ1) is 13.5. The minimum Gasteiger partial charge on any atom is -0.497 e. The lowest BCUT2D eigenvalue weighted by Gasteiger charge is -2.20. The van der Waals surface area contributed by atoms with Gasteiger partial charge in [0, 0.05) is 22.5 Å². The first-order valence-corrected chi connectivity index (χ1v) is 10.9. The third kappa shape index (κ3) is 6.67. The van der Waals surface area contributed by atoms with Crippen LogP contribution in [0.5, 0.6) is 11.5 Å². The summed E-state index contributed by atoms with van der Waals surface area (Å²) in [6.45, 7) is 13.8. The molecule has 1 aromatic carbocycles. The Labute approximate surface area is 180 Å². The van der Waals surface area contributed by atoms with Gasteiger partial charge in [0.2, 0.25) is 0 Å². The second-order valence-corrected chi connectivity index (χ2v) is 10.1. The van der Waals surface area contributed by atoms with E-state index < -0.39 is 0 Å². The van der Waals surface area contributed by atoms with Crippen LogP contribution in [-0.4, -0.2) is 18.9 Å². The van der Waals surface area contributed by atoms with Crippen molar-refractivity contribution < 1.29 is 14.0 Å². The molecule has 29 heavy (non-hydrogen) atoms. The highest BCUT2D eigenvalue weighted by molar-refractivity contribution is 6.32. The number of methoxy groups -OCH3 is 1. The van der Waals surface area contributed by atoms with Gasteiger partial charge in [-0.3, -0.25) is 0 Å². The highest BCUT2D eigenvalue weighted by atomic mass is 35.5. The molecule has 0 unspecified atom stereocenters. The van der Waals surface area contributed by atoms with Crippen LogP contribution in [0.1, 0.15) is 84.2 Å². The number of ether oxygens (including phenoxy) is 2. The molecule has 5 heteroatoms. The van der Waals surface area contributed by atoms with E-state index in [2.05, 4.69) is 46.7 Å². The Morgan fingerprint density at radius 2 is 1.66 bits per heavy atom. The molecule has 1 heterocycles. The predicted octanol–water partition coefficient (Wildman–Crippen LogP) is 7.11. The fourth-order valence-electron chi connectivity index (χ4n) is 3.39. The second kappa shape index (κ2) is 9.88. The van der Waals surface area contributed by atoms with Crippen molar-refractivity contribution in [1.29, 1.82) is 0 Å². The van der Waals surface area contributed by atoms with Gasteiger partial charge in [-0.1, -0.05) is 71.1 Å². The monoisotopic (exact) mass is 421 g/mol. The molecule has 162 valence electrons. The quantitative estimate of drug-likeness (QED) is 0.404. The van der Waals surface area contributed by atoms with Gasteiger partial charge in [0.15, 0.2) is 0 Å². The molecule has 2 aromatic rings. The van der Waals surface area contributed by atoms with Crippen molar-refractivity contribution in [3.05, 3.63) is 40.2 Å². The topological polar surface area (TPSA) is 44.5 Å². The molecular weight excluding hydrogens is 386 g/mol. The zero-order valence-corrected chi connectivity index (χ0v) is 19.8. The fraction of sp³-hybridized carbons (Fsp3) is 0.625. The summed E-state index contributed by atoms with van der Waals surface area (Å²) in [6.07, 6.45) is 5.40. The van der Waals surface area contributed by atoms with Crippen LogP contribution < -0.4 is 9.47 Å². The van der Waals surface area contributed by atoms with Crippen LogP contribution in [0.4, 0.5) is 0 Å². The van der Waals surface area contributed by atoms with Gasteiger partial charge in [-0.2, -0.15) is 0 Å². The van der Waals surface area contributed by atoms with E-state index >= 15 is 0 Å². The molecule has 0 aliphatic rings. The molecule has 0 atom stereocenters. The number of benzene rings is 1. The molecule has 0 fully saturated rings. The van der Waals surface area contributed by atoms with Crippen molar-refractivity contribution in [3.8, 4) is 11.5 Å². The number of aromatic nitrogens is 1. The molecule has 0 N–H and O–H groups in total. The van der Waals surface area contributed by atoms with Crippen molar-refractivity contribution in [2.75, 3.05) is 13.7 Å². The normalized spacial score (nSPS) is 12.3. The SMILES string of the molecule is COc1ccc(OCCCCCCc2c(C(C)(C)C)noc2C(C)(C)C)c(Cl)c1. The van der Waals surface area contributed by atoms with Gasteiger partial charge < -0.3 is 14.0 Å². The summed E-state index contributed by atoms with van der Waals surface area (Å²) in [6, 6.07) is 5.49. The number of nitrogens with zero attached hydrogens (tertiary/aromatic N) is 1. The van der Waals surface area contributed by atoms with Gasteiger partial charge in [-0.15, -0.1) is 0 Å². The average molecular weight is 422 g/mol. The molecule has 4 nitrogen and oxygen atoms in total. The first kappa shape index (κ1) is 23.6. The summed E-state index contributed by atoms with van der Waals surface area (Å²) in [5.74, 6) is 2.47. The van der Waals surface area contributed by atoms with Gasteiger partial charge in [-0.05, 0) is 31.4 Å². The number of hydrogen-bond donors (Lipinski definition) is 0. The molecule has 0 saturated heterocycles. The minimum absolute atomic E-state index is 0.00614. The lowest BCUT2D eigenvalue weighted by Crippen LogP contribution is -2.17. The molecule has 1 aromatic heterocycles. The molecule has 0 spiro atoms. The van der Waals surface area contributed by atoms with Crippen LogP contribution in [0, 0.1) is 0 Å². The molecule has 0 radical (unpaired) electrons. The summed E-state index contributed by atoms with van der Waals surface area (Å²) in [5.41, 5.74) is 2.36. The molecule has 0 amide bonds. The number of hydrogen-bond acceptors (Lipinski definition) is 4. The first-order valence-electron chi connectivity index (χ1n) is 10.5. The summed E-state index contributed by atoms with van der Waals surface area (Å²) in [5, 5.41) is 5.00. The van der Waals surface area contributed by atoms with E-state index in [-0.39, 0.29) is 10.8 Å². The van der Waals surface area contributed by atoms with Gasteiger partial charge >= 0.3 is 0 Å². The van der Waals surface area contributed by atoms with Crippen molar-refractivity contribution in [2.45, 2.75) is 84.5 Å². The number of rotatable bonds is 9. The zero-order valence-electron chi connectivity index (χ0n) is 19.0. The minimum atomic E-state index is -0.0305. The lowest BCUT2D eigenvalue weighted by atomic mass is 9.82. The highest BCUT2D eigenvalue weighted by Gasteiger charge is 2.30. The van der Waals surface area contributed by atoms with Gasteiger partial charge in [0.05, 0.1) is 24.4 Å². The van der Waals surface area contributed by atoms with E-state index in [4.69, 9.17) is 25.6 Å². The van der Waals surface area contributed by atoms with Crippen LogP contribution in [0.3, 0.4) is 0 Å². The molecule has 0 aliphatic carbocycles. The van der Waals surface area contributed by atoms with Crippen molar-refractivity contribution in [3.63, 3.8) is 0 Å². The molecule has 0 aliphatic heterocycles. The summed E-state index contributed by atoms with van der Waals surface area (Å²) in [4.78, 5) is 0. The zero-order chi connectivity index (χ0) is 21.7. The smallest absolute Gasteiger partial charge is 0.145 e. The highest BCUT2D eigenvalue weighted by Crippen LogP contribution is 2.34. The fourth-order valence-corrected chi connectivity index (χ4v) is 3.61. The van der Waals surface area contributed by atoms with Crippen molar-refractivity contribution in [1.82, 2.24) is 5.16 Å². The number of unbranched alkanes of at least 4 members (excludes halogenated alkanes) is 3. The predicted molar refractivity (Wildman–Crippen MR) is 120 cm³/mol. The Kier molecular flexibility index (Phi) is 8.04. The summed E-state index contributed by atoms with van der Waals surface area (Å²) < 4.78 is 16.7. The van der Waals surface area contributed by atoms with Gasteiger partial charge in [0.1, 0.15) is 17.3 Å². The molecule has 2 rings (SSSR count). The van der Waals surface area contributed by atoms with Crippen molar-refractivity contribution in [2.24, 2.45) is 0 Å². The third-order valence-corrected chi connectivity index (χ3v) is 5.19.